The van der Waals surface area contributed by atoms with Crippen LogP contribution in [0.25, 0.3) is 11.0 Å². The lowest BCUT2D eigenvalue weighted by Crippen LogP contribution is -2.08. The number of hydrogen-bond acceptors (Lipinski definition) is 2. The van der Waals surface area contributed by atoms with Crippen molar-refractivity contribution >= 4 is 22.6 Å². The number of alkyl halides is 2. The highest BCUT2D eigenvalue weighted by Crippen LogP contribution is 2.40. The number of nitrogens with one attached hydrogen (secondary N) is 1. The number of aromatic nitrogens is 2. The maximum atomic E-state index is 13.8. The summed E-state index contributed by atoms with van der Waals surface area (Å²) in [4.78, 5) is 7.17. The lowest BCUT2D eigenvalue weighted by atomic mass is 9.92. The first-order valence-corrected chi connectivity index (χ1v) is 7.21. The van der Waals surface area contributed by atoms with Gasteiger partial charge in [-0.05, 0) is 29.8 Å². The van der Waals surface area contributed by atoms with Crippen molar-refractivity contribution < 1.29 is 17.9 Å². The van der Waals surface area contributed by atoms with Gasteiger partial charge in [-0.2, -0.15) is 8.78 Å². The number of hydrogen-bond donors (Lipinski definition) is 1. The second-order valence-corrected chi connectivity index (χ2v) is 5.39. The highest BCUT2D eigenvalue weighted by molar-refractivity contribution is 6.31. The average Bonchev–Trinajstić information content (AvgIpc) is 2.94. The van der Waals surface area contributed by atoms with Gasteiger partial charge in [0.05, 0.1) is 5.02 Å². The van der Waals surface area contributed by atoms with Gasteiger partial charge >= 0.3 is 6.61 Å². The van der Waals surface area contributed by atoms with Crippen molar-refractivity contribution in [3.05, 3.63) is 58.6 Å². The zero-order valence-electron chi connectivity index (χ0n) is 12.0. The Kier molecular flexibility index (Phi) is 4.17. The summed E-state index contributed by atoms with van der Waals surface area (Å²) in [6.45, 7) is -1.28. The predicted octanol–water partition coefficient (Wildman–Crippen LogP) is 5.11. The van der Waals surface area contributed by atoms with E-state index in [0.29, 0.717) is 5.65 Å². The number of aromatic amines is 1. The number of rotatable bonds is 4. The molecule has 23 heavy (non-hydrogen) atoms. The van der Waals surface area contributed by atoms with Crippen LogP contribution in [0.3, 0.4) is 0 Å². The van der Waals surface area contributed by atoms with Gasteiger partial charge in [0.1, 0.15) is 17.2 Å². The molecule has 2 aromatic heterocycles. The molecular formula is C16H12ClF3N2O. The molecule has 2 heterocycles. The third kappa shape index (κ3) is 2.86. The van der Waals surface area contributed by atoms with Crippen LogP contribution in [-0.2, 0) is 0 Å². The van der Waals surface area contributed by atoms with Gasteiger partial charge in [-0.25, -0.2) is 9.37 Å². The molecule has 0 spiro atoms. The summed E-state index contributed by atoms with van der Waals surface area (Å²) in [7, 11) is 0. The summed E-state index contributed by atoms with van der Waals surface area (Å²) in [5.74, 6) is -1.30. The topological polar surface area (TPSA) is 37.9 Å². The largest absolute Gasteiger partial charge is 0.434 e. The van der Waals surface area contributed by atoms with Gasteiger partial charge in [0, 0.05) is 29.3 Å². The maximum Gasteiger partial charge on any atom is 0.387 e. The SMILES string of the molecule is C[C@H](c1c(OC(F)F)ccc(F)c1Cl)c1c[nH]c2ncccc12. The minimum atomic E-state index is -3.02. The van der Waals surface area contributed by atoms with E-state index in [4.69, 9.17) is 11.6 Å². The molecule has 3 rings (SSSR count). The molecule has 0 bridgehead atoms. The normalized spacial score (nSPS) is 12.8. The van der Waals surface area contributed by atoms with E-state index < -0.39 is 18.3 Å². The lowest BCUT2D eigenvalue weighted by Gasteiger charge is -2.18. The quantitative estimate of drug-likeness (QED) is 0.716. The molecule has 1 N–H and O–H groups in total. The molecule has 3 aromatic rings. The highest BCUT2D eigenvalue weighted by Gasteiger charge is 2.24. The molecular weight excluding hydrogens is 329 g/mol. The predicted molar refractivity (Wildman–Crippen MR) is 81.7 cm³/mol. The minimum absolute atomic E-state index is 0.142. The van der Waals surface area contributed by atoms with Crippen LogP contribution in [0.4, 0.5) is 13.2 Å². The van der Waals surface area contributed by atoms with Gasteiger partial charge < -0.3 is 9.72 Å². The van der Waals surface area contributed by atoms with Crippen LogP contribution in [-0.4, -0.2) is 16.6 Å². The van der Waals surface area contributed by atoms with Gasteiger partial charge in [-0.3, -0.25) is 0 Å². The summed E-state index contributed by atoms with van der Waals surface area (Å²) >= 11 is 6.02. The van der Waals surface area contributed by atoms with E-state index in [0.717, 1.165) is 23.1 Å². The molecule has 1 atom stereocenters. The number of H-pyrrole nitrogens is 1. The van der Waals surface area contributed by atoms with Gasteiger partial charge in [0.15, 0.2) is 0 Å². The third-order valence-electron chi connectivity index (χ3n) is 3.69. The van der Waals surface area contributed by atoms with Crippen molar-refractivity contribution in [3.63, 3.8) is 0 Å². The fourth-order valence-electron chi connectivity index (χ4n) is 2.64. The average molecular weight is 341 g/mol. The Labute approximate surface area is 135 Å². The van der Waals surface area contributed by atoms with E-state index in [1.807, 2.05) is 6.07 Å². The van der Waals surface area contributed by atoms with Crippen molar-refractivity contribution in [1.82, 2.24) is 9.97 Å². The van der Waals surface area contributed by atoms with Crippen molar-refractivity contribution in [2.24, 2.45) is 0 Å². The number of halogens is 4. The first kappa shape index (κ1) is 15.7. The van der Waals surface area contributed by atoms with E-state index in [9.17, 15) is 13.2 Å². The molecule has 7 heteroatoms. The number of pyridine rings is 1. The van der Waals surface area contributed by atoms with Gasteiger partial charge in [-0.15, -0.1) is 0 Å². The fraction of sp³-hybridized carbons (Fsp3) is 0.188. The second kappa shape index (κ2) is 6.12. The summed E-state index contributed by atoms with van der Waals surface area (Å²) in [5, 5.41) is 0.581. The van der Waals surface area contributed by atoms with Crippen LogP contribution in [0.15, 0.2) is 36.7 Å². The van der Waals surface area contributed by atoms with E-state index in [1.165, 1.54) is 0 Å². The smallest absolute Gasteiger partial charge is 0.387 e. The molecule has 0 aliphatic rings. The number of ether oxygens (including phenoxy) is 1. The van der Waals surface area contributed by atoms with Gasteiger partial charge in [-0.1, -0.05) is 18.5 Å². The molecule has 120 valence electrons. The van der Waals surface area contributed by atoms with E-state index >= 15 is 0 Å². The molecule has 3 nitrogen and oxygen atoms in total. The molecule has 0 radical (unpaired) electrons. The Morgan fingerprint density at radius 1 is 1.26 bits per heavy atom. The zero-order valence-corrected chi connectivity index (χ0v) is 12.7. The highest BCUT2D eigenvalue weighted by atomic mass is 35.5. The summed E-state index contributed by atoms with van der Waals surface area (Å²) in [5.41, 5.74) is 1.59. The Morgan fingerprint density at radius 2 is 2.04 bits per heavy atom. The lowest BCUT2D eigenvalue weighted by molar-refractivity contribution is -0.0505. The molecule has 0 aliphatic carbocycles. The Bertz CT molecular complexity index is 850. The Balaban J connectivity index is 2.15. The van der Waals surface area contributed by atoms with Crippen LogP contribution in [0.1, 0.15) is 24.0 Å². The number of nitrogens with zero attached hydrogens (tertiary/aromatic N) is 1. The molecule has 0 fully saturated rings. The Hall–Kier alpha value is -2.21. The third-order valence-corrected chi connectivity index (χ3v) is 4.08. The maximum absolute atomic E-state index is 13.8. The summed E-state index contributed by atoms with van der Waals surface area (Å²) in [6, 6.07) is 5.76. The second-order valence-electron chi connectivity index (χ2n) is 5.02. The molecule has 0 unspecified atom stereocenters. The van der Waals surface area contributed by atoms with Crippen LogP contribution in [0.2, 0.25) is 5.02 Å². The molecule has 1 aromatic carbocycles. The van der Waals surface area contributed by atoms with Crippen LogP contribution in [0, 0.1) is 5.82 Å². The molecule has 0 aliphatic heterocycles. The number of fused-ring (bicyclic) bond motifs is 1. The van der Waals surface area contributed by atoms with E-state index in [1.54, 1.807) is 25.4 Å². The van der Waals surface area contributed by atoms with Crippen LogP contribution >= 0.6 is 11.6 Å². The van der Waals surface area contributed by atoms with Gasteiger partial charge in [0.25, 0.3) is 0 Å². The number of benzene rings is 1. The molecule has 0 saturated carbocycles. The van der Waals surface area contributed by atoms with Crippen molar-refractivity contribution in [2.45, 2.75) is 19.5 Å². The van der Waals surface area contributed by atoms with E-state index in [-0.39, 0.29) is 16.3 Å². The van der Waals surface area contributed by atoms with Crippen LogP contribution < -0.4 is 4.74 Å². The van der Waals surface area contributed by atoms with Crippen molar-refractivity contribution in [1.29, 1.82) is 0 Å². The first-order chi connectivity index (χ1) is 11.0. The molecule has 0 amide bonds. The van der Waals surface area contributed by atoms with Crippen LogP contribution in [0.5, 0.6) is 5.75 Å². The van der Waals surface area contributed by atoms with Crippen molar-refractivity contribution in [3.8, 4) is 5.75 Å². The van der Waals surface area contributed by atoms with E-state index in [2.05, 4.69) is 14.7 Å². The fourth-order valence-corrected chi connectivity index (χ4v) is 2.96. The minimum Gasteiger partial charge on any atom is -0.434 e. The standard InChI is InChI=1S/C16H12ClF3N2O/c1-8(10-7-22-15-9(10)3-2-6-21-15)13-12(23-16(19)20)5-4-11(18)14(13)17/h2-8,16H,1H3,(H,21,22)/t8-/m0/s1. The Morgan fingerprint density at radius 3 is 2.78 bits per heavy atom. The summed E-state index contributed by atoms with van der Waals surface area (Å²) in [6.07, 6.45) is 3.34. The van der Waals surface area contributed by atoms with Gasteiger partial charge in [0.2, 0.25) is 0 Å². The molecule has 0 saturated heterocycles. The zero-order chi connectivity index (χ0) is 16.6. The van der Waals surface area contributed by atoms with Crippen molar-refractivity contribution in [2.75, 3.05) is 0 Å². The monoisotopic (exact) mass is 340 g/mol. The summed E-state index contributed by atoms with van der Waals surface area (Å²) < 4.78 is 43.6. The first-order valence-electron chi connectivity index (χ1n) is 6.83.